The second-order valence-corrected chi connectivity index (χ2v) is 8.30. The van der Waals surface area contributed by atoms with Gasteiger partial charge in [0.05, 0.1) is 16.2 Å². The van der Waals surface area contributed by atoms with Crippen LogP contribution in [0.25, 0.3) is 10.1 Å². The molecule has 3 aromatic rings. The van der Waals surface area contributed by atoms with Gasteiger partial charge in [0.2, 0.25) is 0 Å². The van der Waals surface area contributed by atoms with Gasteiger partial charge >= 0.3 is 5.97 Å². The lowest BCUT2D eigenvalue weighted by Crippen LogP contribution is -2.31. The van der Waals surface area contributed by atoms with Crippen molar-refractivity contribution in [1.29, 1.82) is 0 Å². The van der Waals surface area contributed by atoms with Gasteiger partial charge in [-0.3, -0.25) is 15.1 Å². The summed E-state index contributed by atoms with van der Waals surface area (Å²) in [4.78, 5) is 29.1. The molecule has 0 amide bonds. The van der Waals surface area contributed by atoms with Gasteiger partial charge in [0.25, 0.3) is 5.70 Å². The largest absolute Gasteiger partial charge is 0.454 e. The Labute approximate surface area is 183 Å². The number of thiophene rings is 1. The third-order valence-electron chi connectivity index (χ3n) is 5.41. The minimum absolute atomic E-state index is 0.0616. The van der Waals surface area contributed by atoms with Crippen molar-refractivity contribution in [3.63, 3.8) is 0 Å². The maximum Gasteiger partial charge on any atom is 0.337 e. The Kier molecular flexibility index (Phi) is 5.56. The van der Waals surface area contributed by atoms with Gasteiger partial charge in [-0.1, -0.05) is 30.3 Å². The molecule has 0 fully saturated rings. The Balaban J connectivity index is 1.80. The smallest absolute Gasteiger partial charge is 0.337 e. The van der Waals surface area contributed by atoms with Crippen LogP contribution in [0.5, 0.6) is 0 Å². The molecule has 1 aliphatic rings. The monoisotopic (exact) mass is 435 g/mol. The first-order valence-electron chi connectivity index (χ1n) is 9.78. The minimum Gasteiger partial charge on any atom is -0.454 e. The van der Waals surface area contributed by atoms with E-state index in [9.17, 15) is 14.9 Å². The molecule has 3 heterocycles. The number of rotatable bonds is 5. The standard InChI is InChI=1S/C23H21N3O4S/c1-13-20(23(27)30-15(3)16-7-5-4-6-8-16)21(22(26(28)29)14(2)25-13)18-12-31-19-9-10-24-11-17(18)19/h4-12,15,21,25H,1-3H3/t15?,21-/m1/s1. The number of carbonyl (C=O) groups excluding carboxylic acids is 1. The molecule has 1 aromatic carbocycles. The van der Waals surface area contributed by atoms with Gasteiger partial charge in [-0.15, -0.1) is 11.3 Å². The van der Waals surface area contributed by atoms with Gasteiger partial charge in [0.1, 0.15) is 12.0 Å². The Morgan fingerprint density at radius 1 is 1.23 bits per heavy atom. The van der Waals surface area contributed by atoms with Crippen LogP contribution in [0.4, 0.5) is 0 Å². The van der Waals surface area contributed by atoms with Gasteiger partial charge in [-0.05, 0) is 43.3 Å². The molecule has 7 nitrogen and oxygen atoms in total. The summed E-state index contributed by atoms with van der Waals surface area (Å²) >= 11 is 1.47. The number of hydrogen-bond donors (Lipinski definition) is 1. The third-order valence-corrected chi connectivity index (χ3v) is 6.39. The molecule has 2 atom stereocenters. The summed E-state index contributed by atoms with van der Waals surface area (Å²) in [6.45, 7) is 5.17. The Bertz CT molecular complexity index is 1230. The predicted octanol–water partition coefficient (Wildman–Crippen LogP) is 5.07. The number of nitro groups is 1. The van der Waals surface area contributed by atoms with E-state index >= 15 is 0 Å². The lowest BCUT2D eigenvalue weighted by Gasteiger charge is -2.27. The molecule has 1 aliphatic heterocycles. The summed E-state index contributed by atoms with van der Waals surface area (Å²) in [6, 6.07) is 11.2. The topological polar surface area (TPSA) is 94.4 Å². The summed E-state index contributed by atoms with van der Waals surface area (Å²) in [5.41, 5.74) is 2.65. The van der Waals surface area contributed by atoms with Crippen molar-refractivity contribution in [2.75, 3.05) is 0 Å². The van der Waals surface area contributed by atoms with Crippen LogP contribution in [0, 0.1) is 10.1 Å². The Hall–Kier alpha value is -3.52. The van der Waals surface area contributed by atoms with E-state index in [2.05, 4.69) is 10.3 Å². The minimum atomic E-state index is -0.857. The molecule has 2 aromatic heterocycles. The second kappa shape index (κ2) is 8.31. The molecule has 158 valence electrons. The molecule has 1 N–H and O–H groups in total. The predicted molar refractivity (Wildman–Crippen MR) is 119 cm³/mol. The second-order valence-electron chi connectivity index (χ2n) is 7.39. The summed E-state index contributed by atoms with van der Waals surface area (Å²) < 4.78 is 6.71. The number of benzene rings is 1. The number of allylic oxidation sites excluding steroid dienone is 3. The van der Waals surface area contributed by atoms with Crippen LogP contribution in [-0.4, -0.2) is 15.9 Å². The van der Waals surface area contributed by atoms with E-state index in [1.165, 1.54) is 11.3 Å². The molecule has 0 radical (unpaired) electrons. The molecule has 0 saturated carbocycles. The van der Waals surface area contributed by atoms with Gasteiger partial charge in [-0.2, -0.15) is 0 Å². The highest BCUT2D eigenvalue weighted by Crippen LogP contribution is 2.43. The summed E-state index contributed by atoms with van der Waals surface area (Å²) in [6.07, 6.45) is 2.86. The average Bonchev–Trinajstić information content (AvgIpc) is 3.17. The summed E-state index contributed by atoms with van der Waals surface area (Å²) in [7, 11) is 0. The zero-order valence-electron chi connectivity index (χ0n) is 17.3. The van der Waals surface area contributed by atoms with Crippen LogP contribution in [-0.2, 0) is 9.53 Å². The number of ether oxygens (including phenoxy) is 1. The van der Waals surface area contributed by atoms with Crippen LogP contribution in [0.3, 0.4) is 0 Å². The highest BCUT2D eigenvalue weighted by atomic mass is 32.1. The lowest BCUT2D eigenvalue weighted by molar-refractivity contribution is -0.431. The van der Waals surface area contributed by atoms with Crippen LogP contribution < -0.4 is 5.32 Å². The van der Waals surface area contributed by atoms with Crippen molar-refractivity contribution < 1.29 is 14.5 Å². The number of nitrogens with one attached hydrogen (secondary N) is 1. The number of fused-ring (bicyclic) bond motifs is 1. The average molecular weight is 436 g/mol. The Morgan fingerprint density at radius 2 is 1.97 bits per heavy atom. The van der Waals surface area contributed by atoms with Crippen molar-refractivity contribution in [2.45, 2.75) is 32.8 Å². The zero-order valence-corrected chi connectivity index (χ0v) is 18.1. The van der Waals surface area contributed by atoms with E-state index in [0.717, 1.165) is 15.6 Å². The fraction of sp³-hybridized carbons (Fsp3) is 0.217. The normalized spacial score (nSPS) is 17.5. The number of esters is 1. The van der Waals surface area contributed by atoms with Crippen molar-refractivity contribution in [3.8, 4) is 0 Å². The lowest BCUT2D eigenvalue weighted by atomic mass is 9.84. The van der Waals surface area contributed by atoms with Crippen molar-refractivity contribution in [2.24, 2.45) is 0 Å². The summed E-state index contributed by atoms with van der Waals surface area (Å²) in [5, 5.41) is 17.7. The van der Waals surface area contributed by atoms with E-state index in [-0.39, 0.29) is 11.3 Å². The van der Waals surface area contributed by atoms with Crippen LogP contribution in [0.1, 0.15) is 43.9 Å². The van der Waals surface area contributed by atoms with Crippen LogP contribution in [0.15, 0.2) is 76.8 Å². The molecule has 8 heteroatoms. The molecule has 1 unspecified atom stereocenters. The van der Waals surface area contributed by atoms with Crippen molar-refractivity contribution in [1.82, 2.24) is 10.3 Å². The van der Waals surface area contributed by atoms with Crippen LogP contribution >= 0.6 is 11.3 Å². The molecule has 4 rings (SSSR count). The number of pyridine rings is 1. The molecular weight excluding hydrogens is 414 g/mol. The SMILES string of the molecule is CC1=C(C(=O)OC(C)c2ccccc2)[C@@H](c2csc3ccncc23)C([N+](=O)[O-])=C(C)N1. The van der Waals surface area contributed by atoms with Gasteiger partial charge in [-0.25, -0.2) is 4.79 Å². The number of aromatic nitrogens is 1. The van der Waals surface area contributed by atoms with Crippen molar-refractivity contribution >= 4 is 27.4 Å². The van der Waals surface area contributed by atoms with Gasteiger partial charge in [0, 0.05) is 28.2 Å². The van der Waals surface area contributed by atoms with Gasteiger partial charge in [0.15, 0.2) is 0 Å². The number of nitrogens with zero attached hydrogens (tertiary/aromatic N) is 2. The molecule has 0 bridgehead atoms. The highest BCUT2D eigenvalue weighted by Gasteiger charge is 2.42. The molecule has 31 heavy (non-hydrogen) atoms. The first-order valence-corrected chi connectivity index (χ1v) is 10.7. The van der Waals surface area contributed by atoms with E-state index in [1.807, 2.05) is 41.8 Å². The maximum absolute atomic E-state index is 13.3. The number of carbonyl (C=O) groups is 1. The van der Waals surface area contributed by atoms with E-state index in [1.54, 1.807) is 33.2 Å². The number of hydrogen-bond acceptors (Lipinski definition) is 7. The third kappa shape index (κ3) is 3.82. The van der Waals surface area contributed by atoms with Crippen molar-refractivity contribution in [3.05, 3.63) is 98.1 Å². The Morgan fingerprint density at radius 3 is 2.68 bits per heavy atom. The number of dihydropyridines is 1. The fourth-order valence-electron chi connectivity index (χ4n) is 3.93. The molecule has 0 aliphatic carbocycles. The van der Waals surface area contributed by atoms with E-state index < -0.39 is 22.9 Å². The zero-order chi connectivity index (χ0) is 22.1. The first kappa shape index (κ1) is 20.7. The first-order chi connectivity index (χ1) is 14.9. The molecule has 0 spiro atoms. The fourth-order valence-corrected chi connectivity index (χ4v) is 4.88. The summed E-state index contributed by atoms with van der Waals surface area (Å²) in [5.74, 6) is -1.44. The molecular formula is C23H21N3O4S. The van der Waals surface area contributed by atoms with E-state index in [4.69, 9.17) is 4.74 Å². The van der Waals surface area contributed by atoms with Crippen LogP contribution in [0.2, 0.25) is 0 Å². The quantitative estimate of drug-likeness (QED) is 0.342. The highest BCUT2D eigenvalue weighted by molar-refractivity contribution is 7.17. The molecule has 0 saturated heterocycles. The maximum atomic E-state index is 13.3. The van der Waals surface area contributed by atoms with Gasteiger partial charge < -0.3 is 10.1 Å². The van der Waals surface area contributed by atoms with E-state index in [0.29, 0.717) is 17.0 Å².